The van der Waals surface area contributed by atoms with E-state index in [1.54, 1.807) is 0 Å². The molecule has 9 heteroatoms. The van der Waals surface area contributed by atoms with E-state index in [-0.39, 0.29) is 11.0 Å². The van der Waals surface area contributed by atoms with Gasteiger partial charge in [0.15, 0.2) is 5.65 Å². The normalized spacial score (nSPS) is 12.6. The summed E-state index contributed by atoms with van der Waals surface area (Å²) in [6.07, 6.45) is -3.12. The molecule has 0 amide bonds. The van der Waals surface area contributed by atoms with Gasteiger partial charge in [0.2, 0.25) is 5.82 Å². The van der Waals surface area contributed by atoms with Gasteiger partial charge in [-0.3, -0.25) is 4.40 Å². The van der Waals surface area contributed by atoms with Gasteiger partial charge in [-0.1, -0.05) is 29.8 Å². The lowest BCUT2D eigenvalue weighted by atomic mass is 10.3. The number of rotatable bonds is 4. The smallest absolute Gasteiger partial charge is 0.271 e. The highest BCUT2D eigenvalue weighted by atomic mass is 79.9. The molecule has 0 fully saturated rings. The third-order valence-electron chi connectivity index (χ3n) is 2.42. The molecule has 0 aliphatic carbocycles. The van der Waals surface area contributed by atoms with Gasteiger partial charge >= 0.3 is 6.18 Å². The molecule has 0 saturated heterocycles. The Labute approximate surface area is 126 Å². The number of hydrogen-bond acceptors (Lipinski definition) is 4. The first kappa shape index (κ1) is 15.6. The van der Waals surface area contributed by atoms with Gasteiger partial charge in [0.25, 0.3) is 0 Å². The van der Waals surface area contributed by atoms with Crippen molar-refractivity contribution in [2.75, 3.05) is 5.75 Å². The van der Waals surface area contributed by atoms with Gasteiger partial charge < -0.3 is 0 Å². The molecule has 2 rings (SSSR count). The van der Waals surface area contributed by atoms with Crippen LogP contribution in [0, 0.1) is 5.92 Å². The first-order valence-electron chi connectivity index (χ1n) is 5.83. The van der Waals surface area contributed by atoms with Crippen LogP contribution in [0.3, 0.4) is 0 Å². The van der Waals surface area contributed by atoms with E-state index in [4.69, 9.17) is 0 Å². The van der Waals surface area contributed by atoms with Crippen LogP contribution in [0.25, 0.3) is 5.65 Å². The van der Waals surface area contributed by atoms with Gasteiger partial charge in [0.1, 0.15) is 5.03 Å². The van der Waals surface area contributed by atoms with E-state index < -0.39 is 12.0 Å². The quantitative estimate of drug-likeness (QED) is 0.608. The summed E-state index contributed by atoms with van der Waals surface area (Å²) in [6, 6.07) is 0. The highest BCUT2D eigenvalue weighted by molar-refractivity contribution is 9.08. The molecular formula is C11H12BrF3N4S. The molecule has 2 aromatic heterocycles. The molecule has 4 nitrogen and oxygen atoms in total. The summed E-state index contributed by atoms with van der Waals surface area (Å²) in [6.45, 7) is 4.06. The lowest BCUT2D eigenvalue weighted by Gasteiger charge is -2.10. The van der Waals surface area contributed by atoms with Crippen LogP contribution in [0.2, 0.25) is 0 Å². The fraction of sp³-hybridized carbons (Fsp3) is 0.545. The van der Waals surface area contributed by atoms with E-state index in [0.717, 1.165) is 10.2 Å². The Morgan fingerprint density at radius 2 is 2.05 bits per heavy atom. The maximum atomic E-state index is 12.9. The summed E-state index contributed by atoms with van der Waals surface area (Å²) in [7, 11) is 0. The highest BCUT2D eigenvalue weighted by Gasteiger charge is 2.38. The Morgan fingerprint density at radius 1 is 1.35 bits per heavy atom. The number of halogens is 4. The van der Waals surface area contributed by atoms with Crippen molar-refractivity contribution in [1.29, 1.82) is 0 Å². The number of aromatic nitrogens is 4. The highest BCUT2D eigenvalue weighted by Crippen LogP contribution is 2.31. The monoisotopic (exact) mass is 368 g/mol. The largest absolute Gasteiger partial charge is 0.452 e. The van der Waals surface area contributed by atoms with Gasteiger partial charge in [0, 0.05) is 17.3 Å². The van der Waals surface area contributed by atoms with Gasteiger partial charge in [-0.15, -0.1) is 22.0 Å². The molecular weight excluding hydrogens is 357 g/mol. The number of hydrogen-bond donors (Lipinski definition) is 0. The number of alkyl halides is 4. The molecule has 2 heterocycles. The van der Waals surface area contributed by atoms with Crippen LogP contribution < -0.4 is 0 Å². The SMILES string of the molecule is CC(C)CSc1ncc(CBr)n2c(C(F)(F)F)nnc12. The molecule has 0 aliphatic heterocycles. The topological polar surface area (TPSA) is 43.1 Å². The van der Waals surface area contributed by atoms with E-state index in [9.17, 15) is 13.2 Å². The summed E-state index contributed by atoms with van der Waals surface area (Å²) in [5.74, 6) is 0.142. The summed E-state index contributed by atoms with van der Waals surface area (Å²) in [5.41, 5.74) is 0.520. The van der Waals surface area contributed by atoms with Gasteiger partial charge in [-0.2, -0.15) is 13.2 Å². The first-order valence-corrected chi connectivity index (χ1v) is 7.94. The number of thioether (sulfide) groups is 1. The van der Waals surface area contributed by atoms with E-state index in [2.05, 4.69) is 31.1 Å². The van der Waals surface area contributed by atoms with Crippen molar-refractivity contribution in [3.8, 4) is 0 Å². The lowest BCUT2D eigenvalue weighted by molar-refractivity contribution is -0.145. The zero-order valence-corrected chi connectivity index (χ0v) is 13.2. The molecule has 0 bridgehead atoms. The summed E-state index contributed by atoms with van der Waals surface area (Å²) >= 11 is 4.54. The van der Waals surface area contributed by atoms with Crippen LogP contribution >= 0.6 is 27.7 Å². The minimum absolute atomic E-state index is 0.153. The second kappa shape index (κ2) is 5.88. The molecule has 0 aromatic carbocycles. The van der Waals surface area contributed by atoms with Crippen molar-refractivity contribution in [2.45, 2.75) is 30.4 Å². The summed E-state index contributed by atoms with van der Waals surface area (Å²) in [5, 5.41) is 7.64. The van der Waals surface area contributed by atoms with Crippen LogP contribution in [-0.4, -0.2) is 25.3 Å². The minimum Gasteiger partial charge on any atom is -0.271 e. The molecule has 0 radical (unpaired) electrons. The van der Waals surface area contributed by atoms with Crippen LogP contribution in [-0.2, 0) is 11.5 Å². The van der Waals surface area contributed by atoms with Gasteiger partial charge in [-0.05, 0) is 5.92 Å². The van der Waals surface area contributed by atoms with Crippen LogP contribution in [0.4, 0.5) is 13.2 Å². The molecule has 20 heavy (non-hydrogen) atoms. The van der Waals surface area contributed by atoms with E-state index in [1.807, 2.05) is 13.8 Å². The molecule has 0 saturated carbocycles. The zero-order valence-electron chi connectivity index (χ0n) is 10.8. The summed E-state index contributed by atoms with van der Waals surface area (Å²) < 4.78 is 39.9. The van der Waals surface area contributed by atoms with Crippen LogP contribution in [0.15, 0.2) is 11.2 Å². The molecule has 0 unspecified atom stereocenters. The van der Waals surface area contributed by atoms with Crippen molar-refractivity contribution in [3.05, 3.63) is 17.7 Å². The maximum absolute atomic E-state index is 12.9. The molecule has 110 valence electrons. The first-order chi connectivity index (χ1) is 9.34. The number of fused-ring (bicyclic) bond motifs is 1. The average Bonchev–Trinajstić information content (AvgIpc) is 2.80. The molecule has 0 N–H and O–H groups in total. The molecule has 2 aromatic rings. The molecule has 0 spiro atoms. The Balaban J connectivity index is 2.56. The third-order valence-corrected chi connectivity index (χ3v) is 4.39. The Morgan fingerprint density at radius 3 is 2.60 bits per heavy atom. The Bertz CT molecular complexity index is 611. The predicted molar refractivity (Wildman–Crippen MR) is 74.0 cm³/mol. The predicted octanol–water partition coefficient (Wildman–Crippen LogP) is 3.79. The van der Waals surface area contributed by atoms with E-state index in [1.165, 1.54) is 18.0 Å². The summed E-state index contributed by atoms with van der Waals surface area (Å²) in [4.78, 5) is 4.19. The van der Waals surface area contributed by atoms with Gasteiger partial charge in [-0.25, -0.2) is 4.98 Å². The second-order valence-corrected chi connectivity index (χ2v) is 6.14. The Kier molecular flexibility index (Phi) is 4.58. The molecule has 0 aliphatic rings. The van der Waals surface area contributed by atoms with Crippen molar-refractivity contribution >= 4 is 33.3 Å². The minimum atomic E-state index is -4.54. The van der Waals surface area contributed by atoms with E-state index in [0.29, 0.717) is 16.6 Å². The van der Waals surface area contributed by atoms with Crippen molar-refractivity contribution < 1.29 is 13.2 Å². The maximum Gasteiger partial charge on any atom is 0.452 e. The lowest BCUT2D eigenvalue weighted by Crippen LogP contribution is -2.13. The number of nitrogens with zero attached hydrogens (tertiary/aromatic N) is 4. The van der Waals surface area contributed by atoms with Crippen LogP contribution in [0.5, 0.6) is 0 Å². The Hall–Kier alpha value is -0.830. The fourth-order valence-corrected chi connectivity index (χ4v) is 2.84. The van der Waals surface area contributed by atoms with Gasteiger partial charge in [0.05, 0.1) is 5.69 Å². The molecule has 0 atom stereocenters. The zero-order chi connectivity index (χ0) is 14.9. The second-order valence-electron chi connectivity index (χ2n) is 4.57. The average molecular weight is 369 g/mol. The van der Waals surface area contributed by atoms with Crippen molar-refractivity contribution in [3.63, 3.8) is 0 Å². The van der Waals surface area contributed by atoms with Crippen molar-refractivity contribution in [2.24, 2.45) is 5.92 Å². The van der Waals surface area contributed by atoms with Crippen molar-refractivity contribution in [1.82, 2.24) is 19.6 Å². The van der Waals surface area contributed by atoms with Crippen LogP contribution in [0.1, 0.15) is 25.4 Å². The van der Waals surface area contributed by atoms with E-state index >= 15 is 0 Å². The standard InChI is InChI=1S/C11H12BrF3N4S/c1-6(2)5-20-9-8-17-18-10(11(13,14)15)19(8)7(3-12)4-16-9/h4,6H,3,5H2,1-2H3. The third kappa shape index (κ3) is 3.08. The fourth-order valence-electron chi connectivity index (χ4n) is 1.57.